The Kier molecular flexibility index (Phi) is 3.98. The highest BCUT2D eigenvalue weighted by Gasteiger charge is 2.10. The van der Waals surface area contributed by atoms with Gasteiger partial charge in [0.15, 0.2) is 0 Å². The minimum absolute atomic E-state index is 0.0804. The molecule has 1 amide bonds. The van der Waals surface area contributed by atoms with Gasteiger partial charge in [-0.25, -0.2) is 0 Å². The Morgan fingerprint density at radius 2 is 2.39 bits per heavy atom. The van der Waals surface area contributed by atoms with Gasteiger partial charge in [0.05, 0.1) is 6.20 Å². The molecule has 0 saturated heterocycles. The summed E-state index contributed by atoms with van der Waals surface area (Å²) in [5.41, 5.74) is 0. The molecule has 2 aromatic heterocycles. The van der Waals surface area contributed by atoms with Crippen molar-refractivity contribution in [3.05, 3.63) is 39.1 Å². The third kappa shape index (κ3) is 2.88. The Labute approximate surface area is 118 Å². The molecule has 0 fully saturated rings. The van der Waals surface area contributed by atoms with Crippen LogP contribution in [0, 0.1) is 0 Å². The number of halogens is 1. The normalized spacial score (nSPS) is 11.1. The van der Waals surface area contributed by atoms with E-state index in [1.807, 2.05) is 17.5 Å². The number of aryl methyl sites for hydroxylation is 1. The molecule has 0 aliphatic heterocycles. The van der Waals surface area contributed by atoms with E-state index in [1.54, 1.807) is 53.4 Å². The van der Waals surface area contributed by atoms with Gasteiger partial charge in [-0.3, -0.25) is 14.4 Å². The maximum atomic E-state index is 12.0. The highest BCUT2D eigenvalue weighted by atomic mass is 79.9. The van der Waals surface area contributed by atoms with Crippen LogP contribution >= 0.6 is 27.3 Å². The van der Waals surface area contributed by atoms with Crippen LogP contribution in [0.1, 0.15) is 4.88 Å². The van der Waals surface area contributed by atoms with Gasteiger partial charge in [0.2, 0.25) is 0 Å². The summed E-state index contributed by atoms with van der Waals surface area (Å²) in [6.07, 6.45) is 5.04. The predicted molar refractivity (Wildman–Crippen MR) is 77.7 cm³/mol. The molecule has 4 nitrogen and oxygen atoms in total. The Morgan fingerprint density at radius 1 is 1.61 bits per heavy atom. The molecule has 18 heavy (non-hydrogen) atoms. The summed E-state index contributed by atoms with van der Waals surface area (Å²) in [7, 11) is 3.53. The Bertz CT molecular complexity index is 588. The second kappa shape index (κ2) is 5.49. The number of carbonyl (C=O) groups is 1. The topological polar surface area (TPSA) is 38.1 Å². The number of anilines is 1. The monoisotopic (exact) mass is 325 g/mol. The van der Waals surface area contributed by atoms with Crippen LogP contribution in [-0.4, -0.2) is 22.7 Å². The van der Waals surface area contributed by atoms with E-state index in [4.69, 9.17) is 0 Å². The number of aromatic nitrogens is 2. The second-order valence-corrected chi connectivity index (χ2v) is 5.57. The summed E-state index contributed by atoms with van der Waals surface area (Å²) in [5.74, 6) is 0.681. The number of hydrogen-bond acceptors (Lipinski definition) is 3. The van der Waals surface area contributed by atoms with Crippen molar-refractivity contribution in [1.82, 2.24) is 9.78 Å². The number of thiophene rings is 1. The Hall–Kier alpha value is -1.40. The highest BCUT2D eigenvalue weighted by molar-refractivity contribution is 9.10. The third-order valence-electron chi connectivity index (χ3n) is 2.45. The van der Waals surface area contributed by atoms with Crippen LogP contribution in [0.4, 0.5) is 5.82 Å². The number of likely N-dealkylation sites (N-methyl/N-ethyl adjacent to an activating group) is 1. The van der Waals surface area contributed by atoms with Crippen LogP contribution in [0.2, 0.25) is 0 Å². The average Bonchev–Trinajstić information content (AvgIpc) is 2.94. The van der Waals surface area contributed by atoms with Gasteiger partial charge in [0.25, 0.3) is 5.91 Å². The molecule has 0 aromatic carbocycles. The van der Waals surface area contributed by atoms with E-state index < -0.39 is 0 Å². The first-order valence-corrected chi connectivity index (χ1v) is 6.93. The second-order valence-electron chi connectivity index (χ2n) is 3.71. The Balaban J connectivity index is 2.08. The van der Waals surface area contributed by atoms with Crippen molar-refractivity contribution < 1.29 is 4.79 Å². The summed E-state index contributed by atoms with van der Waals surface area (Å²) in [6, 6.07) is 3.77. The van der Waals surface area contributed by atoms with Gasteiger partial charge in [0, 0.05) is 41.0 Å². The van der Waals surface area contributed by atoms with Crippen LogP contribution in [0.5, 0.6) is 0 Å². The lowest BCUT2D eigenvalue weighted by Gasteiger charge is -2.14. The number of amides is 1. The van der Waals surface area contributed by atoms with E-state index in [9.17, 15) is 4.79 Å². The molecule has 6 heteroatoms. The highest BCUT2D eigenvalue weighted by Crippen LogP contribution is 2.21. The molecule has 0 aliphatic carbocycles. The van der Waals surface area contributed by atoms with E-state index in [2.05, 4.69) is 21.0 Å². The summed E-state index contributed by atoms with van der Waals surface area (Å²) >= 11 is 4.96. The SMILES string of the molecule is CN(C(=O)/C=C/c1cc(Br)cs1)c1ccnn1C. The maximum absolute atomic E-state index is 12.0. The molecule has 0 unspecified atom stereocenters. The molecule has 0 radical (unpaired) electrons. The van der Waals surface area contributed by atoms with Gasteiger partial charge in [-0.1, -0.05) is 0 Å². The van der Waals surface area contributed by atoms with Crippen molar-refractivity contribution >= 4 is 45.1 Å². The van der Waals surface area contributed by atoms with E-state index in [0.717, 1.165) is 15.2 Å². The van der Waals surface area contributed by atoms with E-state index >= 15 is 0 Å². The first-order valence-electron chi connectivity index (χ1n) is 5.26. The number of nitrogens with zero attached hydrogens (tertiary/aromatic N) is 3. The summed E-state index contributed by atoms with van der Waals surface area (Å²) in [4.78, 5) is 14.6. The third-order valence-corrected chi connectivity index (χ3v) is 4.11. The van der Waals surface area contributed by atoms with Crippen molar-refractivity contribution in [3.8, 4) is 0 Å². The molecule has 0 N–H and O–H groups in total. The van der Waals surface area contributed by atoms with Crippen LogP contribution < -0.4 is 4.90 Å². The lowest BCUT2D eigenvalue weighted by Crippen LogP contribution is -2.26. The first kappa shape index (κ1) is 13.0. The van der Waals surface area contributed by atoms with Gasteiger partial charge in [0.1, 0.15) is 5.82 Å². The van der Waals surface area contributed by atoms with E-state index in [0.29, 0.717) is 0 Å². The Morgan fingerprint density at radius 3 is 2.94 bits per heavy atom. The summed E-state index contributed by atoms with van der Waals surface area (Å²) < 4.78 is 2.69. The molecule has 2 heterocycles. The number of rotatable bonds is 3. The molecule has 0 saturated carbocycles. The van der Waals surface area contributed by atoms with E-state index in [-0.39, 0.29) is 5.91 Å². The zero-order valence-electron chi connectivity index (χ0n) is 10.0. The molecule has 0 aliphatic rings. The number of carbonyl (C=O) groups excluding carboxylic acids is 1. The van der Waals surface area contributed by atoms with Crippen LogP contribution in [0.25, 0.3) is 6.08 Å². The zero-order valence-corrected chi connectivity index (χ0v) is 12.4. The molecule has 0 spiro atoms. The fraction of sp³-hybridized carbons (Fsp3) is 0.167. The standard InChI is InChI=1S/C12H12BrN3OS/c1-15(11-5-6-14-16(11)2)12(17)4-3-10-7-9(13)8-18-10/h3-8H,1-2H3/b4-3+. The number of hydrogen-bond donors (Lipinski definition) is 0. The summed E-state index contributed by atoms with van der Waals surface area (Å²) in [5, 5.41) is 6.02. The van der Waals surface area contributed by atoms with Crippen LogP contribution in [0.3, 0.4) is 0 Å². The van der Waals surface area contributed by atoms with Crippen LogP contribution in [-0.2, 0) is 11.8 Å². The molecule has 2 rings (SSSR count). The molecule has 2 aromatic rings. The van der Waals surface area contributed by atoms with Gasteiger partial charge in [-0.2, -0.15) is 5.10 Å². The molecule has 0 bridgehead atoms. The molecule has 94 valence electrons. The van der Waals surface area contributed by atoms with Crippen molar-refractivity contribution in [1.29, 1.82) is 0 Å². The molecular formula is C12H12BrN3OS. The van der Waals surface area contributed by atoms with Gasteiger partial charge < -0.3 is 0 Å². The minimum Gasteiger partial charge on any atom is -0.297 e. The van der Waals surface area contributed by atoms with Crippen LogP contribution in [0.15, 0.2) is 34.3 Å². The fourth-order valence-corrected chi connectivity index (χ4v) is 2.83. The lowest BCUT2D eigenvalue weighted by atomic mass is 10.4. The lowest BCUT2D eigenvalue weighted by molar-refractivity contribution is -0.113. The van der Waals surface area contributed by atoms with Crippen molar-refractivity contribution in [3.63, 3.8) is 0 Å². The van der Waals surface area contributed by atoms with Crippen molar-refractivity contribution in [2.24, 2.45) is 7.05 Å². The van der Waals surface area contributed by atoms with Gasteiger partial charge >= 0.3 is 0 Å². The molecule has 0 atom stereocenters. The summed E-state index contributed by atoms with van der Waals surface area (Å²) in [6.45, 7) is 0. The van der Waals surface area contributed by atoms with Gasteiger partial charge in [-0.05, 0) is 28.1 Å². The zero-order chi connectivity index (χ0) is 13.1. The first-order chi connectivity index (χ1) is 8.58. The minimum atomic E-state index is -0.0804. The van der Waals surface area contributed by atoms with Crippen molar-refractivity contribution in [2.45, 2.75) is 0 Å². The van der Waals surface area contributed by atoms with E-state index in [1.165, 1.54) is 0 Å². The maximum Gasteiger partial charge on any atom is 0.251 e. The quantitative estimate of drug-likeness (QED) is 0.814. The smallest absolute Gasteiger partial charge is 0.251 e. The fourth-order valence-electron chi connectivity index (χ4n) is 1.49. The largest absolute Gasteiger partial charge is 0.297 e. The predicted octanol–water partition coefficient (Wildman–Crippen LogP) is 2.92. The van der Waals surface area contributed by atoms with Gasteiger partial charge in [-0.15, -0.1) is 11.3 Å². The average molecular weight is 326 g/mol. The van der Waals surface area contributed by atoms with Crippen molar-refractivity contribution in [2.75, 3.05) is 11.9 Å². The molecular weight excluding hydrogens is 314 g/mol.